The van der Waals surface area contributed by atoms with E-state index in [1.54, 1.807) is 37.6 Å². The van der Waals surface area contributed by atoms with Gasteiger partial charge in [0, 0.05) is 21.7 Å². The van der Waals surface area contributed by atoms with Crippen molar-refractivity contribution in [2.75, 3.05) is 19.0 Å². The third kappa shape index (κ3) is 4.11. The van der Waals surface area contributed by atoms with Crippen molar-refractivity contribution < 1.29 is 14.3 Å². The van der Waals surface area contributed by atoms with Gasteiger partial charge >= 0.3 is 0 Å². The number of aromatic nitrogens is 1. The standard InChI is InChI=1S/C18H14Br2N2O3/c1-24-12-6-4-11(5-7-12)22-16(23)10-25-18-15(20)9-14(19)13-3-2-8-21-17(13)18/h2-9H,10H2,1H3,(H,22,23). The summed E-state index contributed by atoms with van der Waals surface area (Å²) in [6.45, 7) is -0.127. The number of nitrogens with zero attached hydrogens (tertiary/aromatic N) is 1. The number of carbonyl (C=O) groups excluding carboxylic acids is 1. The lowest BCUT2D eigenvalue weighted by atomic mass is 10.2. The van der Waals surface area contributed by atoms with Gasteiger partial charge in [0.15, 0.2) is 12.4 Å². The first kappa shape index (κ1) is 17.7. The van der Waals surface area contributed by atoms with Gasteiger partial charge in [-0.05, 0) is 52.3 Å². The van der Waals surface area contributed by atoms with Crippen LogP contribution in [0.2, 0.25) is 0 Å². The van der Waals surface area contributed by atoms with Crippen molar-refractivity contribution in [2.24, 2.45) is 0 Å². The Morgan fingerprint density at radius 1 is 1.16 bits per heavy atom. The number of methoxy groups -OCH3 is 1. The maximum absolute atomic E-state index is 12.1. The molecular formula is C18H14Br2N2O3. The van der Waals surface area contributed by atoms with Gasteiger partial charge in [-0.25, -0.2) is 0 Å². The lowest BCUT2D eigenvalue weighted by Crippen LogP contribution is -2.20. The molecule has 3 rings (SSSR count). The van der Waals surface area contributed by atoms with Crippen LogP contribution in [0.5, 0.6) is 11.5 Å². The zero-order valence-electron chi connectivity index (χ0n) is 13.3. The van der Waals surface area contributed by atoms with E-state index in [0.29, 0.717) is 17.0 Å². The Bertz CT molecular complexity index is 914. The molecule has 0 aliphatic carbocycles. The van der Waals surface area contributed by atoms with Crippen molar-refractivity contribution in [1.82, 2.24) is 4.98 Å². The minimum atomic E-state index is -0.260. The second-order valence-corrected chi connectivity index (χ2v) is 6.84. The molecule has 2 aromatic carbocycles. The number of anilines is 1. The number of carbonyl (C=O) groups is 1. The van der Waals surface area contributed by atoms with E-state index in [1.807, 2.05) is 18.2 Å². The molecule has 1 aromatic heterocycles. The fourth-order valence-corrected chi connectivity index (χ4v) is 3.68. The van der Waals surface area contributed by atoms with Gasteiger partial charge in [0.25, 0.3) is 5.91 Å². The van der Waals surface area contributed by atoms with E-state index >= 15 is 0 Å². The number of nitrogens with one attached hydrogen (secondary N) is 1. The number of ether oxygens (including phenoxy) is 2. The molecule has 0 unspecified atom stereocenters. The molecule has 0 saturated heterocycles. The molecule has 5 nitrogen and oxygen atoms in total. The van der Waals surface area contributed by atoms with Crippen molar-refractivity contribution in [2.45, 2.75) is 0 Å². The zero-order chi connectivity index (χ0) is 17.8. The van der Waals surface area contributed by atoms with Gasteiger partial charge in [-0.2, -0.15) is 0 Å². The lowest BCUT2D eigenvalue weighted by Gasteiger charge is -2.12. The Hall–Kier alpha value is -2.12. The van der Waals surface area contributed by atoms with Gasteiger partial charge in [0.1, 0.15) is 11.3 Å². The molecule has 1 N–H and O–H groups in total. The van der Waals surface area contributed by atoms with Crippen LogP contribution in [0.4, 0.5) is 5.69 Å². The summed E-state index contributed by atoms with van der Waals surface area (Å²) in [5, 5.41) is 3.69. The predicted octanol–water partition coefficient (Wildman–Crippen LogP) is 4.79. The quantitative estimate of drug-likeness (QED) is 0.588. The molecule has 0 aliphatic heterocycles. The number of fused-ring (bicyclic) bond motifs is 1. The summed E-state index contributed by atoms with van der Waals surface area (Å²) in [5.41, 5.74) is 1.35. The molecule has 0 bridgehead atoms. The number of rotatable bonds is 5. The van der Waals surface area contributed by atoms with Crippen LogP contribution in [0.15, 0.2) is 57.6 Å². The van der Waals surface area contributed by atoms with Crippen LogP contribution >= 0.6 is 31.9 Å². The van der Waals surface area contributed by atoms with E-state index in [0.717, 1.165) is 20.1 Å². The van der Waals surface area contributed by atoms with Crippen LogP contribution in [0, 0.1) is 0 Å². The monoisotopic (exact) mass is 464 g/mol. The highest BCUT2D eigenvalue weighted by Gasteiger charge is 2.13. The Morgan fingerprint density at radius 2 is 1.92 bits per heavy atom. The summed E-state index contributed by atoms with van der Waals surface area (Å²) < 4.78 is 12.4. The van der Waals surface area contributed by atoms with E-state index in [2.05, 4.69) is 42.2 Å². The maximum Gasteiger partial charge on any atom is 0.262 e. The molecule has 0 radical (unpaired) electrons. The third-order valence-electron chi connectivity index (χ3n) is 3.47. The number of pyridine rings is 1. The fourth-order valence-electron chi connectivity index (χ4n) is 2.29. The van der Waals surface area contributed by atoms with Crippen molar-refractivity contribution in [3.05, 3.63) is 57.6 Å². The first-order chi connectivity index (χ1) is 12.1. The maximum atomic E-state index is 12.1. The predicted molar refractivity (Wildman–Crippen MR) is 104 cm³/mol. The van der Waals surface area contributed by atoms with E-state index < -0.39 is 0 Å². The van der Waals surface area contributed by atoms with Crippen LogP contribution in [0.3, 0.4) is 0 Å². The summed E-state index contributed by atoms with van der Waals surface area (Å²) in [4.78, 5) is 16.5. The van der Waals surface area contributed by atoms with Crippen molar-refractivity contribution >= 4 is 54.4 Å². The molecule has 0 aliphatic rings. The molecular weight excluding hydrogens is 452 g/mol. The SMILES string of the molecule is COc1ccc(NC(=O)COc2c(Br)cc(Br)c3cccnc23)cc1. The third-order valence-corrected chi connectivity index (χ3v) is 4.72. The average Bonchev–Trinajstić information content (AvgIpc) is 2.62. The first-order valence-electron chi connectivity index (χ1n) is 7.38. The molecule has 1 heterocycles. The van der Waals surface area contributed by atoms with Gasteiger partial charge in [-0.15, -0.1) is 0 Å². The van der Waals surface area contributed by atoms with Crippen LogP contribution in [0.1, 0.15) is 0 Å². The van der Waals surface area contributed by atoms with Gasteiger partial charge in [-0.3, -0.25) is 9.78 Å². The molecule has 3 aromatic rings. The zero-order valence-corrected chi connectivity index (χ0v) is 16.4. The smallest absolute Gasteiger partial charge is 0.262 e. The van der Waals surface area contributed by atoms with Gasteiger partial charge in [0.05, 0.1) is 11.6 Å². The molecule has 0 saturated carbocycles. The van der Waals surface area contributed by atoms with E-state index in [-0.39, 0.29) is 12.5 Å². The van der Waals surface area contributed by atoms with Crippen LogP contribution in [-0.4, -0.2) is 24.6 Å². The lowest BCUT2D eigenvalue weighted by molar-refractivity contribution is -0.118. The highest BCUT2D eigenvalue weighted by molar-refractivity contribution is 9.11. The number of halogens is 2. The van der Waals surface area contributed by atoms with Crippen molar-refractivity contribution in [3.8, 4) is 11.5 Å². The summed E-state index contributed by atoms with van der Waals surface area (Å²) >= 11 is 6.96. The fraction of sp³-hybridized carbons (Fsp3) is 0.111. The second-order valence-electron chi connectivity index (χ2n) is 5.13. The Morgan fingerprint density at radius 3 is 2.64 bits per heavy atom. The minimum absolute atomic E-state index is 0.127. The van der Waals surface area contributed by atoms with E-state index in [4.69, 9.17) is 9.47 Å². The number of hydrogen-bond donors (Lipinski definition) is 1. The van der Waals surface area contributed by atoms with Crippen LogP contribution in [0.25, 0.3) is 10.9 Å². The van der Waals surface area contributed by atoms with Crippen LogP contribution in [-0.2, 0) is 4.79 Å². The molecule has 0 spiro atoms. The molecule has 0 atom stereocenters. The molecule has 0 fully saturated rings. The van der Waals surface area contributed by atoms with E-state index in [1.165, 1.54) is 0 Å². The van der Waals surface area contributed by atoms with Crippen LogP contribution < -0.4 is 14.8 Å². The Balaban J connectivity index is 1.72. The summed E-state index contributed by atoms with van der Waals surface area (Å²) in [6.07, 6.45) is 1.69. The van der Waals surface area contributed by atoms with Gasteiger partial charge in [0.2, 0.25) is 0 Å². The molecule has 128 valence electrons. The topological polar surface area (TPSA) is 60.5 Å². The summed E-state index contributed by atoms with van der Waals surface area (Å²) in [5.74, 6) is 0.998. The second kappa shape index (κ2) is 7.84. The highest BCUT2D eigenvalue weighted by atomic mass is 79.9. The average molecular weight is 466 g/mol. The minimum Gasteiger partial charge on any atom is -0.497 e. The normalized spacial score (nSPS) is 10.5. The number of amides is 1. The van der Waals surface area contributed by atoms with Crippen molar-refractivity contribution in [1.29, 1.82) is 0 Å². The summed E-state index contributed by atoms with van der Waals surface area (Å²) in [6, 6.07) is 12.7. The van der Waals surface area contributed by atoms with Crippen molar-refractivity contribution in [3.63, 3.8) is 0 Å². The summed E-state index contributed by atoms with van der Waals surface area (Å²) in [7, 11) is 1.59. The van der Waals surface area contributed by atoms with Gasteiger partial charge < -0.3 is 14.8 Å². The molecule has 25 heavy (non-hydrogen) atoms. The Kier molecular flexibility index (Phi) is 5.55. The number of hydrogen-bond acceptors (Lipinski definition) is 4. The Labute approximate surface area is 161 Å². The molecule has 7 heteroatoms. The van der Waals surface area contributed by atoms with Gasteiger partial charge in [-0.1, -0.05) is 22.0 Å². The first-order valence-corrected chi connectivity index (χ1v) is 8.96. The largest absolute Gasteiger partial charge is 0.497 e. The van der Waals surface area contributed by atoms with E-state index in [9.17, 15) is 4.79 Å². The molecule has 1 amide bonds. The highest BCUT2D eigenvalue weighted by Crippen LogP contribution is 2.37. The number of benzene rings is 2.